The first-order valence-corrected chi connectivity index (χ1v) is 8.33. The van der Waals surface area contributed by atoms with E-state index in [-0.39, 0.29) is 0 Å². The van der Waals surface area contributed by atoms with Crippen molar-refractivity contribution >= 4 is 0 Å². The summed E-state index contributed by atoms with van der Waals surface area (Å²) in [6.07, 6.45) is 4.78. The van der Waals surface area contributed by atoms with Crippen LogP contribution in [0.4, 0.5) is 0 Å². The van der Waals surface area contributed by atoms with E-state index in [2.05, 4.69) is 21.0 Å². The molecule has 0 radical (unpaired) electrons. The third kappa shape index (κ3) is 2.87. The molecule has 0 spiro atoms. The van der Waals surface area contributed by atoms with Gasteiger partial charge in [-0.2, -0.15) is 5.10 Å². The third-order valence-corrected chi connectivity index (χ3v) is 4.41. The largest absolute Gasteiger partial charge is 0.497 e. The summed E-state index contributed by atoms with van der Waals surface area (Å²) in [6, 6.07) is 7.85. The topological polar surface area (TPSA) is 66.1 Å². The molecule has 0 fully saturated rings. The molecule has 0 saturated heterocycles. The molecule has 2 aromatic heterocycles. The van der Waals surface area contributed by atoms with Crippen LogP contribution in [0.2, 0.25) is 0 Å². The minimum absolute atomic E-state index is 0.723. The zero-order chi connectivity index (χ0) is 17.2. The number of aryl methyl sites for hydroxylation is 1. The van der Waals surface area contributed by atoms with E-state index in [1.807, 2.05) is 29.0 Å². The van der Waals surface area contributed by atoms with E-state index in [1.165, 1.54) is 5.69 Å². The summed E-state index contributed by atoms with van der Waals surface area (Å²) in [7, 11) is 3.29. The van der Waals surface area contributed by atoms with Crippen LogP contribution in [0, 0.1) is 0 Å². The Morgan fingerprint density at radius 1 is 1.16 bits per heavy atom. The van der Waals surface area contributed by atoms with E-state index < -0.39 is 0 Å². The number of aromatic nitrogens is 4. The van der Waals surface area contributed by atoms with Crippen molar-refractivity contribution in [1.82, 2.24) is 24.6 Å². The van der Waals surface area contributed by atoms with Gasteiger partial charge in [-0.25, -0.2) is 4.98 Å². The van der Waals surface area contributed by atoms with Crippen LogP contribution in [0.3, 0.4) is 0 Å². The molecule has 0 saturated carbocycles. The zero-order valence-corrected chi connectivity index (χ0v) is 14.4. The van der Waals surface area contributed by atoms with Crippen LogP contribution in [-0.2, 0) is 13.1 Å². The Bertz CT molecular complexity index is 860. The van der Waals surface area contributed by atoms with Crippen molar-refractivity contribution in [3.8, 4) is 28.7 Å². The molecule has 3 heterocycles. The predicted octanol–water partition coefficient (Wildman–Crippen LogP) is 2.25. The Kier molecular flexibility index (Phi) is 4.15. The predicted molar refractivity (Wildman–Crippen MR) is 94.2 cm³/mol. The number of fused-ring (bicyclic) bond motifs is 1. The summed E-state index contributed by atoms with van der Waals surface area (Å²) in [6.45, 7) is 2.78. The highest BCUT2D eigenvalue weighted by atomic mass is 16.5. The zero-order valence-electron chi connectivity index (χ0n) is 14.4. The normalized spacial score (nSPS) is 14.0. The number of hydrogen-bond acceptors (Lipinski definition) is 5. The average Bonchev–Trinajstić information content (AvgIpc) is 3.23. The van der Waals surface area contributed by atoms with Crippen molar-refractivity contribution in [2.75, 3.05) is 20.8 Å². The number of imidazole rings is 1. The fraction of sp³-hybridized carbons (Fsp3) is 0.333. The van der Waals surface area contributed by atoms with Gasteiger partial charge in [0.1, 0.15) is 17.2 Å². The van der Waals surface area contributed by atoms with Crippen molar-refractivity contribution in [3.05, 3.63) is 42.4 Å². The van der Waals surface area contributed by atoms with E-state index >= 15 is 0 Å². The molecule has 0 atom stereocenters. The summed E-state index contributed by atoms with van der Waals surface area (Å²) in [5.41, 5.74) is 2.95. The number of hydrogen-bond donors (Lipinski definition) is 1. The minimum Gasteiger partial charge on any atom is -0.497 e. The van der Waals surface area contributed by atoms with E-state index in [1.54, 1.807) is 20.4 Å². The second-order valence-corrected chi connectivity index (χ2v) is 5.93. The van der Waals surface area contributed by atoms with Crippen LogP contribution in [0.15, 0.2) is 36.7 Å². The lowest BCUT2D eigenvalue weighted by atomic mass is 10.2. The van der Waals surface area contributed by atoms with E-state index in [0.29, 0.717) is 0 Å². The molecule has 0 bridgehead atoms. The number of nitrogens with zero attached hydrogens (tertiary/aromatic N) is 4. The van der Waals surface area contributed by atoms with Gasteiger partial charge in [-0.3, -0.25) is 9.25 Å². The first-order valence-electron chi connectivity index (χ1n) is 8.33. The van der Waals surface area contributed by atoms with Gasteiger partial charge in [0.15, 0.2) is 5.82 Å². The van der Waals surface area contributed by atoms with Gasteiger partial charge in [-0.05, 0) is 31.2 Å². The van der Waals surface area contributed by atoms with Crippen molar-refractivity contribution < 1.29 is 9.47 Å². The molecule has 4 rings (SSSR count). The second kappa shape index (κ2) is 6.60. The first kappa shape index (κ1) is 15.7. The van der Waals surface area contributed by atoms with E-state index in [9.17, 15) is 0 Å². The van der Waals surface area contributed by atoms with Gasteiger partial charge in [0, 0.05) is 31.5 Å². The van der Waals surface area contributed by atoms with E-state index in [0.717, 1.165) is 54.8 Å². The molecular weight excluding hydrogens is 318 g/mol. The van der Waals surface area contributed by atoms with Gasteiger partial charge >= 0.3 is 0 Å². The molecule has 1 aliphatic rings. The van der Waals surface area contributed by atoms with Crippen molar-refractivity contribution in [1.29, 1.82) is 0 Å². The maximum absolute atomic E-state index is 5.54. The molecular formula is C18H21N5O2. The lowest BCUT2D eigenvalue weighted by molar-refractivity contribution is 0.393. The molecule has 7 heteroatoms. The van der Waals surface area contributed by atoms with Crippen molar-refractivity contribution in [2.24, 2.45) is 0 Å². The first-order chi connectivity index (χ1) is 12.3. The summed E-state index contributed by atoms with van der Waals surface area (Å²) >= 11 is 0. The maximum Gasteiger partial charge on any atom is 0.165 e. The van der Waals surface area contributed by atoms with Crippen molar-refractivity contribution in [2.45, 2.75) is 19.5 Å². The molecule has 0 amide bonds. The lowest BCUT2D eigenvalue weighted by Crippen LogP contribution is -2.11. The fourth-order valence-electron chi connectivity index (χ4n) is 3.14. The monoisotopic (exact) mass is 339 g/mol. The Balaban J connectivity index is 1.77. The highest BCUT2D eigenvalue weighted by molar-refractivity contribution is 5.59. The van der Waals surface area contributed by atoms with Crippen molar-refractivity contribution in [3.63, 3.8) is 0 Å². The average molecular weight is 339 g/mol. The molecule has 7 nitrogen and oxygen atoms in total. The van der Waals surface area contributed by atoms with Gasteiger partial charge in [0.2, 0.25) is 0 Å². The number of methoxy groups -OCH3 is 2. The lowest BCUT2D eigenvalue weighted by Gasteiger charge is -2.12. The molecule has 1 aromatic carbocycles. The molecule has 3 aromatic rings. The molecule has 1 N–H and O–H groups in total. The second-order valence-electron chi connectivity index (χ2n) is 5.93. The summed E-state index contributed by atoms with van der Waals surface area (Å²) in [4.78, 5) is 4.53. The fourth-order valence-corrected chi connectivity index (χ4v) is 3.14. The molecule has 130 valence electrons. The maximum atomic E-state index is 5.54. The Labute approximate surface area is 146 Å². The van der Waals surface area contributed by atoms with Gasteiger partial charge in [-0.15, -0.1) is 0 Å². The number of ether oxygens (including phenoxy) is 2. The quantitative estimate of drug-likeness (QED) is 0.790. The van der Waals surface area contributed by atoms with Crippen LogP contribution in [0.5, 0.6) is 11.5 Å². The van der Waals surface area contributed by atoms with Crippen LogP contribution < -0.4 is 14.8 Å². The van der Waals surface area contributed by atoms with Gasteiger partial charge in [0.05, 0.1) is 25.6 Å². The Morgan fingerprint density at radius 3 is 2.92 bits per heavy atom. The smallest absolute Gasteiger partial charge is 0.165 e. The van der Waals surface area contributed by atoms with Gasteiger partial charge in [-0.1, -0.05) is 0 Å². The highest BCUT2D eigenvalue weighted by Crippen LogP contribution is 2.31. The standard InChI is InChI=1S/C18H21N5O2/c1-24-14-4-5-16(17(11-14)25-2)22-9-7-20-18(22)15-10-13-12-19-6-3-8-23(13)21-15/h4-5,7,9-11,19H,3,6,8,12H2,1-2H3. The summed E-state index contributed by atoms with van der Waals surface area (Å²) in [5, 5.41) is 8.17. The summed E-state index contributed by atoms with van der Waals surface area (Å²) in [5.74, 6) is 2.27. The van der Waals surface area contributed by atoms with Crippen LogP contribution >= 0.6 is 0 Å². The van der Waals surface area contributed by atoms with E-state index in [4.69, 9.17) is 14.6 Å². The number of benzene rings is 1. The SMILES string of the molecule is COc1ccc(-n2ccnc2-c2cc3n(n2)CCCNC3)c(OC)c1. The number of rotatable bonds is 4. The Morgan fingerprint density at radius 2 is 2.08 bits per heavy atom. The molecule has 0 unspecified atom stereocenters. The van der Waals surface area contributed by atoms with Gasteiger partial charge < -0.3 is 14.8 Å². The Hall–Kier alpha value is -2.80. The highest BCUT2D eigenvalue weighted by Gasteiger charge is 2.18. The third-order valence-electron chi connectivity index (χ3n) is 4.41. The van der Waals surface area contributed by atoms with Crippen LogP contribution in [0.1, 0.15) is 12.1 Å². The molecule has 0 aliphatic carbocycles. The van der Waals surface area contributed by atoms with Crippen LogP contribution in [0.25, 0.3) is 17.2 Å². The summed E-state index contributed by atoms with van der Waals surface area (Å²) < 4.78 is 14.9. The number of nitrogens with one attached hydrogen (secondary N) is 1. The van der Waals surface area contributed by atoms with Gasteiger partial charge in [0.25, 0.3) is 0 Å². The van der Waals surface area contributed by atoms with Crippen LogP contribution in [-0.4, -0.2) is 40.1 Å². The molecule has 1 aliphatic heterocycles. The molecule has 25 heavy (non-hydrogen) atoms. The minimum atomic E-state index is 0.723.